The molecule has 0 bridgehead atoms. The molecule has 0 heterocycles. The SMILES string of the molecule is C=CCSc1ccccc1NS(=O)(=O)c1ccccc1C(=O)OC. The van der Waals surface area contributed by atoms with Gasteiger partial charge in [0.05, 0.1) is 18.4 Å². The monoisotopic (exact) mass is 363 g/mol. The van der Waals surface area contributed by atoms with E-state index in [4.69, 9.17) is 0 Å². The van der Waals surface area contributed by atoms with Crippen LogP contribution in [0.15, 0.2) is 71.0 Å². The molecule has 0 radical (unpaired) electrons. The Morgan fingerprint density at radius 1 is 1.21 bits per heavy atom. The third-order valence-corrected chi connectivity index (χ3v) is 5.56. The first-order valence-corrected chi connectivity index (χ1v) is 9.49. The van der Waals surface area contributed by atoms with Gasteiger partial charge in [0.15, 0.2) is 0 Å². The van der Waals surface area contributed by atoms with E-state index in [0.29, 0.717) is 11.4 Å². The Balaban J connectivity index is 2.40. The van der Waals surface area contributed by atoms with Crippen LogP contribution in [0.3, 0.4) is 0 Å². The second-order valence-electron chi connectivity index (χ2n) is 4.69. The van der Waals surface area contributed by atoms with E-state index in [2.05, 4.69) is 16.0 Å². The van der Waals surface area contributed by atoms with Gasteiger partial charge in [-0.1, -0.05) is 30.3 Å². The van der Waals surface area contributed by atoms with Gasteiger partial charge in [-0.05, 0) is 24.3 Å². The number of carbonyl (C=O) groups is 1. The predicted molar refractivity (Wildman–Crippen MR) is 96.0 cm³/mol. The molecule has 0 aliphatic heterocycles. The van der Waals surface area contributed by atoms with Gasteiger partial charge < -0.3 is 4.74 Å². The van der Waals surface area contributed by atoms with Gasteiger partial charge in [0.1, 0.15) is 4.90 Å². The molecular formula is C17H17NO4S2. The lowest BCUT2D eigenvalue weighted by atomic mass is 10.2. The number of methoxy groups -OCH3 is 1. The summed E-state index contributed by atoms with van der Waals surface area (Å²) in [6, 6.07) is 13.0. The van der Waals surface area contributed by atoms with E-state index in [1.165, 1.54) is 31.0 Å². The van der Waals surface area contributed by atoms with Crippen LogP contribution in [-0.4, -0.2) is 27.2 Å². The first-order valence-electron chi connectivity index (χ1n) is 7.02. The van der Waals surface area contributed by atoms with Gasteiger partial charge in [0.25, 0.3) is 10.0 Å². The lowest BCUT2D eigenvalue weighted by Crippen LogP contribution is -2.17. The summed E-state index contributed by atoms with van der Waals surface area (Å²) in [6.07, 6.45) is 1.74. The van der Waals surface area contributed by atoms with Crippen molar-refractivity contribution in [2.75, 3.05) is 17.6 Å². The second-order valence-corrected chi connectivity index (χ2v) is 7.40. The maximum Gasteiger partial charge on any atom is 0.339 e. The smallest absolute Gasteiger partial charge is 0.339 e. The van der Waals surface area contributed by atoms with Crippen molar-refractivity contribution in [3.8, 4) is 0 Å². The molecule has 2 aromatic rings. The molecule has 0 fully saturated rings. The van der Waals surface area contributed by atoms with Crippen molar-refractivity contribution in [2.24, 2.45) is 0 Å². The number of hydrogen-bond acceptors (Lipinski definition) is 5. The highest BCUT2D eigenvalue weighted by Crippen LogP contribution is 2.29. The molecule has 5 nitrogen and oxygen atoms in total. The number of thioether (sulfide) groups is 1. The highest BCUT2D eigenvalue weighted by Gasteiger charge is 2.23. The van der Waals surface area contributed by atoms with E-state index in [-0.39, 0.29) is 10.5 Å². The third kappa shape index (κ3) is 4.18. The van der Waals surface area contributed by atoms with E-state index >= 15 is 0 Å². The summed E-state index contributed by atoms with van der Waals surface area (Å²) < 4.78 is 32.6. The summed E-state index contributed by atoms with van der Waals surface area (Å²) in [5.74, 6) is -0.0531. The van der Waals surface area contributed by atoms with Crippen molar-refractivity contribution in [1.82, 2.24) is 0 Å². The van der Waals surface area contributed by atoms with Crippen LogP contribution in [0.5, 0.6) is 0 Å². The summed E-state index contributed by atoms with van der Waals surface area (Å²) in [4.78, 5) is 12.5. The molecule has 0 aliphatic rings. The molecule has 0 unspecified atom stereocenters. The van der Waals surface area contributed by atoms with Crippen molar-refractivity contribution >= 4 is 33.4 Å². The molecule has 0 aromatic heterocycles. The molecule has 24 heavy (non-hydrogen) atoms. The lowest BCUT2D eigenvalue weighted by Gasteiger charge is -2.13. The molecule has 1 N–H and O–H groups in total. The summed E-state index contributed by atoms with van der Waals surface area (Å²) in [7, 11) is -2.73. The van der Waals surface area contributed by atoms with E-state index in [9.17, 15) is 13.2 Å². The van der Waals surface area contributed by atoms with Crippen molar-refractivity contribution in [3.05, 3.63) is 66.7 Å². The molecule has 126 valence electrons. The number of sulfonamides is 1. The van der Waals surface area contributed by atoms with Gasteiger partial charge in [-0.15, -0.1) is 18.3 Å². The molecule has 0 saturated carbocycles. The normalized spacial score (nSPS) is 10.9. The van der Waals surface area contributed by atoms with E-state index in [1.807, 2.05) is 12.1 Å². The maximum atomic E-state index is 12.7. The molecular weight excluding hydrogens is 346 g/mol. The number of rotatable bonds is 7. The van der Waals surface area contributed by atoms with Crippen LogP contribution in [0.25, 0.3) is 0 Å². The average Bonchev–Trinajstić information content (AvgIpc) is 2.60. The van der Waals surface area contributed by atoms with E-state index in [1.54, 1.807) is 30.3 Å². The Morgan fingerprint density at radius 3 is 2.58 bits per heavy atom. The van der Waals surface area contributed by atoms with Crippen LogP contribution in [0.2, 0.25) is 0 Å². The molecule has 0 saturated heterocycles. The van der Waals surface area contributed by atoms with Gasteiger partial charge in [-0.25, -0.2) is 13.2 Å². The number of nitrogens with one attached hydrogen (secondary N) is 1. The van der Waals surface area contributed by atoms with Gasteiger partial charge >= 0.3 is 5.97 Å². The Kier molecular flexibility index (Phi) is 6.05. The molecule has 2 rings (SSSR count). The van der Waals surface area contributed by atoms with Crippen LogP contribution in [0.4, 0.5) is 5.69 Å². The Morgan fingerprint density at radius 2 is 1.88 bits per heavy atom. The average molecular weight is 363 g/mol. The lowest BCUT2D eigenvalue weighted by molar-refractivity contribution is 0.0596. The summed E-state index contributed by atoms with van der Waals surface area (Å²) in [6.45, 7) is 3.66. The number of ether oxygens (including phenoxy) is 1. The fourth-order valence-corrected chi connectivity index (χ4v) is 4.09. The van der Waals surface area contributed by atoms with Crippen molar-refractivity contribution in [2.45, 2.75) is 9.79 Å². The topological polar surface area (TPSA) is 72.5 Å². The Bertz CT molecular complexity index is 847. The summed E-state index contributed by atoms with van der Waals surface area (Å²) >= 11 is 1.46. The molecule has 2 aromatic carbocycles. The third-order valence-electron chi connectivity index (χ3n) is 3.07. The number of carbonyl (C=O) groups excluding carboxylic acids is 1. The quantitative estimate of drug-likeness (QED) is 0.463. The highest BCUT2D eigenvalue weighted by atomic mass is 32.2. The molecule has 0 amide bonds. The number of benzene rings is 2. The zero-order valence-electron chi connectivity index (χ0n) is 13.1. The number of esters is 1. The molecule has 7 heteroatoms. The first-order chi connectivity index (χ1) is 11.5. The largest absolute Gasteiger partial charge is 0.465 e. The summed E-state index contributed by atoms with van der Waals surface area (Å²) in [5, 5.41) is 0. The zero-order chi connectivity index (χ0) is 17.6. The Hall–Kier alpha value is -2.25. The molecule has 0 aliphatic carbocycles. The number of para-hydroxylation sites is 1. The van der Waals surface area contributed by atoms with Crippen LogP contribution in [0, 0.1) is 0 Å². The fourth-order valence-electron chi connectivity index (χ4n) is 2.00. The minimum atomic E-state index is -3.94. The minimum Gasteiger partial charge on any atom is -0.465 e. The number of hydrogen-bond donors (Lipinski definition) is 1. The standard InChI is InChI=1S/C17H17NO4S2/c1-3-12-23-15-10-6-5-9-14(15)18-24(20,21)16-11-7-4-8-13(16)17(19)22-2/h3-11,18H,1,12H2,2H3. The highest BCUT2D eigenvalue weighted by molar-refractivity contribution is 7.99. The van der Waals surface area contributed by atoms with Gasteiger partial charge in [0.2, 0.25) is 0 Å². The van der Waals surface area contributed by atoms with Crippen LogP contribution in [-0.2, 0) is 14.8 Å². The summed E-state index contributed by atoms with van der Waals surface area (Å²) in [5.41, 5.74) is 0.438. The predicted octanol–water partition coefficient (Wildman–Crippen LogP) is 3.55. The van der Waals surface area contributed by atoms with Crippen molar-refractivity contribution < 1.29 is 17.9 Å². The van der Waals surface area contributed by atoms with Gasteiger partial charge in [-0.3, -0.25) is 4.72 Å². The second kappa shape index (κ2) is 8.03. The van der Waals surface area contributed by atoms with Crippen molar-refractivity contribution in [1.29, 1.82) is 0 Å². The zero-order valence-corrected chi connectivity index (χ0v) is 14.7. The van der Waals surface area contributed by atoms with Crippen LogP contribution in [0.1, 0.15) is 10.4 Å². The number of anilines is 1. The first kappa shape index (κ1) is 18.1. The van der Waals surface area contributed by atoms with Crippen LogP contribution < -0.4 is 4.72 Å². The van der Waals surface area contributed by atoms with E-state index < -0.39 is 16.0 Å². The maximum absolute atomic E-state index is 12.7. The van der Waals surface area contributed by atoms with Gasteiger partial charge in [0, 0.05) is 10.6 Å². The van der Waals surface area contributed by atoms with E-state index in [0.717, 1.165) is 4.90 Å². The van der Waals surface area contributed by atoms with Gasteiger partial charge in [-0.2, -0.15) is 0 Å². The van der Waals surface area contributed by atoms with Crippen LogP contribution >= 0.6 is 11.8 Å². The van der Waals surface area contributed by atoms with Crippen molar-refractivity contribution in [3.63, 3.8) is 0 Å². The molecule has 0 atom stereocenters. The Labute approximate surface area is 145 Å². The fraction of sp³-hybridized carbons (Fsp3) is 0.118. The molecule has 0 spiro atoms. The minimum absolute atomic E-state index is 0.0104.